The van der Waals surface area contributed by atoms with Crippen LogP contribution in [-0.4, -0.2) is 29.0 Å². The van der Waals surface area contributed by atoms with Gasteiger partial charge < -0.3 is 9.47 Å². The molecule has 0 saturated carbocycles. The molecule has 0 saturated heterocycles. The Balaban J connectivity index is 1.78. The molecule has 1 aromatic heterocycles. The van der Waals surface area contributed by atoms with Gasteiger partial charge in [0.1, 0.15) is 11.5 Å². The van der Waals surface area contributed by atoms with Gasteiger partial charge in [-0.2, -0.15) is 0 Å². The largest absolute Gasteiger partial charge is 0.497 e. The number of benzene rings is 3. The minimum absolute atomic E-state index is 0.742. The van der Waals surface area contributed by atoms with Crippen molar-refractivity contribution in [2.75, 3.05) is 14.2 Å². The van der Waals surface area contributed by atoms with Gasteiger partial charge in [0.2, 0.25) is 0 Å². The third-order valence-corrected chi connectivity index (χ3v) is 6.15. The van der Waals surface area contributed by atoms with Crippen LogP contribution in [0.5, 0.6) is 11.5 Å². The fourth-order valence-corrected chi connectivity index (χ4v) is 4.44. The average Bonchev–Trinajstić information content (AvgIpc) is 3.23. The molecular formula is C25H25N3O2S. The van der Waals surface area contributed by atoms with Crippen molar-refractivity contribution in [3.05, 3.63) is 83.4 Å². The third-order valence-electron chi connectivity index (χ3n) is 5.17. The lowest BCUT2D eigenvalue weighted by Crippen LogP contribution is -2.01. The number of methoxy groups -OCH3 is 2. The van der Waals surface area contributed by atoms with Crippen molar-refractivity contribution in [3.63, 3.8) is 0 Å². The zero-order valence-electron chi connectivity index (χ0n) is 18.1. The number of aromatic nitrogens is 3. The molecule has 1 heterocycles. The van der Waals surface area contributed by atoms with Crippen LogP contribution in [-0.2, 0) is 5.75 Å². The van der Waals surface area contributed by atoms with Gasteiger partial charge in [-0.1, -0.05) is 47.7 Å². The van der Waals surface area contributed by atoms with Crippen molar-refractivity contribution in [2.24, 2.45) is 0 Å². The van der Waals surface area contributed by atoms with Crippen LogP contribution >= 0.6 is 11.8 Å². The first kappa shape index (κ1) is 21.0. The summed E-state index contributed by atoms with van der Waals surface area (Å²) in [4.78, 5) is 0. The van der Waals surface area contributed by atoms with E-state index in [0.717, 1.165) is 39.5 Å². The van der Waals surface area contributed by atoms with Gasteiger partial charge in [0.05, 0.1) is 25.5 Å². The smallest absolute Gasteiger partial charge is 0.196 e. The second-order valence-corrected chi connectivity index (χ2v) is 8.20. The highest BCUT2D eigenvalue weighted by molar-refractivity contribution is 7.98. The zero-order valence-corrected chi connectivity index (χ0v) is 18.9. The van der Waals surface area contributed by atoms with Gasteiger partial charge in [0, 0.05) is 5.75 Å². The van der Waals surface area contributed by atoms with Crippen LogP contribution in [0.3, 0.4) is 0 Å². The second-order valence-electron chi connectivity index (χ2n) is 7.26. The molecule has 5 nitrogen and oxygen atoms in total. The van der Waals surface area contributed by atoms with E-state index in [0.29, 0.717) is 0 Å². The number of rotatable bonds is 7. The van der Waals surface area contributed by atoms with E-state index in [2.05, 4.69) is 46.8 Å². The van der Waals surface area contributed by atoms with Gasteiger partial charge in [-0.15, -0.1) is 10.2 Å². The highest BCUT2D eigenvalue weighted by atomic mass is 32.2. The fourth-order valence-electron chi connectivity index (χ4n) is 3.43. The molecule has 0 N–H and O–H groups in total. The second kappa shape index (κ2) is 9.27. The highest BCUT2D eigenvalue weighted by Gasteiger charge is 2.19. The third kappa shape index (κ3) is 4.44. The molecule has 6 heteroatoms. The molecule has 4 aromatic rings. The summed E-state index contributed by atoms with van der Waals surface area (Å²) in [5.41, 5.74) is 5.70. The molecule has 0 fully saturated rings. The summed E-state index contributed by atoms with van der Waals surface area (Å²) in [5.74, 6) is 3.12. The number of nitrogens with zero attached hydrogens (tertiary/aromatic N) is 3. The topological polar surface area (TPSA) is 49.2 Å². The van der Waals surface area contributed by atoms with E-state index in [-0.39, 0.29) is 0 Å². The van der Waals surface area contributed by atoms with Gasteiger partial charge >= 0.3 is 0 Å². The summed E-state index contributed by atoms with van der Waals surface area (Å²) in [5, 5.41) is 9.92. The van der Waals surface area contributed by atoms with Crippen LogP contribution in [0.1, 0.15) is 16.7 Å². The molecule has 0 bridgehead atoms. The van der Waals surface area contributed by atoms with Crippen LogP contribution in [0.25, 0.3) is 17.1 Å². The quantitative estimate of drug-likeness (QED) is 0.343. The molecule has 3 aromatic carbocycles. The molecule has 0 amide bonds. The molecule has 0 atom stereocenters. The van der Waals surface area contributed by atoms with Crippen LogP contribution in [0.2, 0.25) is 0 Å². The lowest BCUT2D eigenvalue weighted by molar-refractivity contribution is 0.414. The van der Waals surface area contributed by atoms with E-state index in [4.69, 9.17) is 9.47 Å². The van der Waals surface area contributed by atoms with E-state index >= 15 is 0 Å². The Morgan fingerprint density at radius 2 is 1.65 bits per heavy atom. The Kier molecular flexibility index (Phi) is 6.28. The van der Waals surface area contributed by atoms with Gasteiger partial charge in [0.15, 0.2) is 11.0 Å². The van der Waals surface area contributed by atoms with Crippen molar-refractivity contribution in [1.29, 1.82) is 0 Å². The molecule has 0 unspecified atom stereocenters. The number of ether oxygens (including phenoxy) is 2. The van der Waals surface area contributed by atoms with Crippen LogP contribution in [0.4, 0.5) is 0 Å². The summed E-state index contributed by atoms with van der Waals surface area (Å²) in [6.07, 6.45) is 0. The molecule has 0 radical (unpaired) electrons. The predicted molar refractivity (Wildman–Crippen MR) is 125 cm³/mol. The minimum atomic E-state index is 0.742. The monoisotopic (exact) mass is 431 g/mol. The van der Waals surface area contributed by atoms with Gasteiger partial charge in [-0.05, 0) is 61.4 Å². The molecule has 0 aliphatic heterocycles. The maximum absolute atomic E-state index is 5.59. The van der Waals surface area contributed by atoms with Crippen molar-refractivity contribution < 1.29 is 9.47 Å². The number of hydrogen-bond donors (Lipinski definition) is 0. The number of thioether (sulfide) groups is 1. The lowest BCUT2D eigenvalue weighted by Gasteiger charge is -2.13. The Morgan fingerprint density at radius 3 is 2.39 bits per heavy atom. The Morgan fingerprint density at radius 1 is 0.871 bits per heavy atom. The number of aryl methyl sites for hydroxylation is 2. The van der Waals surface area contributed by atoms with E-state index in [1.54, 1.807) is 26.0 Å². The SMILES string of the molecule is COc1ccc(-n2c(SCc3cc(C)ccc3C)nnc2-c2ccccc2OC)cc1. The molecule has 158 valence electrons. The molecule has 31 heavy (non-hydrogen) atoms. The lowest BCUT2D eigenvalue weighted by atomic mass is 10.1. The van der Waals surface area contributed by atoms with Crippen molar-refractivity contribution >= 4 is 11.8 Å². The number of para-hydroxylation sites is 1. The molecule has 4 rings (SSSR count). The average molecular weight is 432 g/mol. The van der Waals surface area contributed by atoms with Crippen molar-refractivity contribution in [3.8, 4) is 28.6 Å². The summed E-state index contributed by atoms with van der Waals surface area (Å²) in [6.45, 7) is 4.26. The van der Waals surface area contributed by atoms with Gasteiger partial charge in [-0.3, -0.25) is 4.57 Å². The van der Waals surface area contributed by atoms with E-state index < -0.39 is 0 Å². The molecule has 0 aliphatic carbocycles. The fraction of sp³-hybridized carbons (Fsp3) is 0.200. The zero-order chi connectivity index (χ0) is 21.8. The molecule has 0 aliphatic rings. The molecular weight excluding hydrogens is 406 g/mol. The van der Waals surface area contributed by atoms with E-state index in [9.17, 15) is 0 Å². The predicted octanol–water partition coefficient (Wildman–Crippen LogP) is 5.86. The van der Waals surface area contributed by atoms with Crippen molar-refractivity contribution in [2.45, 2.75) is 24.8 Å². The van der Waals surface area contributed by atoms with Crippen LogP contribution in [0, 0.1) is 13.8 Å². The summed E-state index contributed by atoms with van der Waals surface area (Å²) in [6, 6.07) is 22.3. The summed E-state index contributed by atoms with van der Waals surface area (Å²) < 4.78 is 13.0. The van der Waals surface area contributed by atoms with Gasteiger partial charge in [-0.25, -0.2) is 0 Å². The maximum atomic E-state index is 5.59. The number of hydrogen-bond acceptors (Lipinski definition) is 5. The summed E-state index contributed by atoms with van der Waals surface area (Å²) >= 11 is 1.67. The Hall–Kier alpha value is -3.25. The van der Waals surface area contributed by atoms with Crippen molar-refractivity contribution in [1.82, 2.24) is 14.8 Å². The normalized spacial score (nSPS) is 10.8. The van der Waals surface area contributed by atoms with Crippen LogP contribution < -0.4 is 9.47 Å². The Bertz CT molecular complexity index is 1190. The maximum Gasteiger partial charge on any atom is 0.196 e. The van der Waals surface area contributed by atoms with E-state index in [1.165, 1.54) is 16.7 Å². The Labute approximate surface area is 187 Å². The summed E-state index contributed by atoms with van der Waals surface area (Å²) in [7, 11) is 3.34. The minimum Gasteiger partial charge on any atom is -0.497 e. The standard InChI is InChI=1S/C25H25N3O2S/c1-17-9-10-18(2)19(15-17)16-31-25-27-26-24(22-7-5-6-8-23(22)30-4)28(25)20-11-13-21(29-3)14-12-20/h5-15H,16H2,1-4H3. The van der Waals surface area contributed by atoms with E-state index in [1.807, 2.05) is 48.5 Å². The first-order valence-electron chi connectivity index (χ1n) is 10.0. The first-order valence-corrected chi connectivity index (χ1v) is 11.0. The highest BCUT2D eigenvalue weighted by Crippen LogP contribution is 2.34. The first-order chi connectivity index (χ1) is 15.1. The molecule has 0 spiro atoms. The van der Waals surface area contributed by atoms with Gasteiger partial charge in [0.25, 0.3) is 0 Å². The van der Waals surface area contributed by atoms with Crippen LogP contribution in [0.15, 0.2) is 71.9 Å².